The molecule has 0 fully saturated rings. The van der Waals surface area contributed by atoms with Gasteiger partial charge < -0.3 is 81.2 Å². The van der Waals surface area contributed by atoms with Crippen molar-refractivity contribution in [2.45, 2.75) is 50.8 Å². The van der Waals surface area contributed by atoms with E-state index in [0.717, 1.165) is 93.6 Å². The molecule has 17 heteroatoms. The van der Waals surface area contributed by atoms with E-state index in [1.54, 1.807) is 0 Å². The smallest absolute Gasteiger partial charge is 1.00 e. The van der Waals surface area contributed by atoms with Gasteiger partial charge in [-0.05, 0) is 58.7 Å². The molecule has 9 heterocycles. The first-order chi connectivity index (χ1) is 33.6. The van der Waals surface area contributed by atoms with Crippen LogP contribution in [0.15, 0.2) is 205 Å². The van der Waals surface area contributed by atoms with E-state index in [9.17, 15) is 0 Å². The summed E-state index contributed by atoms with van der Waals surface area (Å²) < 4.78 is 8.78. The number of benzene rings is 4. The average molecular weight is 1090 g/mol. The van der Waals surface area contributed by atoms with Crippen molar-refractivity contribution in [3.8, 4) is 0 Å². The number of aliphatic imine (C=N–C) groups is 2. The van der Waals surface area contributed by atoms with E-state index in [1.807, 2.05) is 24.3 Å². The normalized spacial score (nSPS) is 17.3. The maximum absolute atomic E-state index is 5.52. The summed E-state index contributed by atoms with van der Waals surface area (Å²) in [5, 5.41) is 24.7. The number of anilines is 1. The zero-order valence-electron chi connectivity index (χ0n) is 39.0. The van der Waals surface area contributed by atoms with Crippen LogP contribution >= 0.6 is 0 Å². The molecule has 4 aromatic carbocycles. The molecular weight excluding hydrogens is 1050 g/mol. The zero-order chi connectivity index (χ0) is 45.0. The van der Waals surface area contributed by atoms with Crippen LogP contribution in [-0.4, -0.2) is 16.7 Å². The molecule has 8 bridgehead atoms. The van der Waals surface area contributed by atoms with Crippen molar-refractivity contribution in [1.82, 2.24) is 15.6 Å². The minimum Gasteiger partial charge on any atom is -1.00 e. The fraction of sp³-hybridized carbons (Fsp3) is 0.143. The second-order valence-corrected chi connectivity index (χ2v) is 18.0. The minimum absolute atomic E-state index is 0. The Hall–Kier alpha value is -6.80. The van der Waals surface area contributed by atoms with Crippen LogP contribution in [-0.2, 0) is 43.2 Å². The Morgan fingerprint density at radius 3 is 1.47 bits per heavy atom. The standard InChI is InChI=1S/C56H48N12.4ClH.Cu/c1-5-21-65(22-6-1)33-37-13-17-41-45(29-37)53-57-49(41)62-54-47-31-39(35-67-25-9-3-10-26-67)15-19-43(47)51(59-54)64-56-48-32-40(36-68-27-11-4-12-28-68)16-20-44(48)52(60-56)63-55-46-30-38(34-66-23-7-2-8-24-66)14-18-42(46)50(58-55)61-53;;;;;/h1-32,49-50,55-56,59,64H,33-36H2,(H,57,61)(H,60,63);4*1H;/q+2;;;;;+2/p-4. The number of amidine groups is 2. The number of fused-ring (bicyclic) bond motifs is 18. The maximum atomic E-state index is 5.52. The van der Waals surface area contributed by atoms with Crippen LogP contribution in [0.1, 0.15) is 80.3 Å². The Labute approximate surface area is 459 Å². The topological polar surface area (TPSA) is 120 Å². The third-order valence-electron chi connectivity index (χ3n) is 13.4. The first kappa shape index (κ1) is 52.5. The Kier molecular flexibility index (Phi) is 16.2. The number of nitrogens with zero attached hydrogens (tertiary/aromatic N) is 8. The second kappa shape index (κ2) is 22.5. The van der Waals surface area contributed by atoms with Crippen LogP contribution in [0.2, 0.25) is 0 Å². The summed E-state index contributed by atoms with van der Waals surface area (Å²) in [6.07, 6.45) is 15.1. The van der Waals surface area contributed by atoms with Crippen LogP contribution in [0.4, 0.5) is 11.6 Å². The molecule has 0 amide bonds. The van der Waals surface area contributed by atoms with Crippen molar-refractivity contribution in [2.24, 2.45) is 9.98 Å². The molecule has 5 aromatic heterocycles. The molecule has 4 N–H and O–H groups in total. The molecule has 0 saturated heterocycles. The van der Waals surface area contributed by atoms with E-state index in [0.29, 0.717) is 0 Å². The Bertz CT molecular complexity index is 3440. The molecule has 9 aromatic rings. The predicted molar refractivity (Wildman–Crippen MR) is 261 cm³/mol. The summed E-state index contributed by atoms with van der Waals surface area (Å²) in [6, 6.07) is 51.5. The van der Waals surface area contributed by atoms with E-state index in [1.165, 1.54) is 22.3 Å². The Balaban J connectivity index is 0.00000142. The van der Waals surface area contributed by atoms with Gasteiger partial charge >= 0.3 is 17.1 Å². The number of hydrogen-bond donors (Lipinski definition) is 4. The van der Waals surface area contributed by atoms with E-state index in [2.05, 4.69) is 210 Å². The van der Waals surface area contributed by atoms with E-state index < -0.39 is 12.3 Å². The van der Waals surface area contributed by atoms with Gasteiger partial charge in [-0.3, -0.25) is 4.99 Å². The summed E-state index contributed by atoms with van der Waals surface area (Å²) in [5.41, 5.74) is 11.1. The first-order valence-corrected chi connectivity index (χ1v) is 23.3. The van der Waals surface area contributed by atoms with Crippen molar-refractivity contribution >= 4 is 34.1 Å². The molecule has 0 spiro atoms. The molecule has 4 aliphatic heterocycles. The van der Waals surface area contributed by atoms with Crippen LogP contribution in [0.3, 0.4) is 0 Å². The van der Waals surface area contributed by atoms with Crippen molar-refractivity contribution in [3.63, 3.8) is 0 Å². The third kappa shape index (κ3) is 10.5. The predicted octanol–water partition coefficient (Wildman–Crippen LogP) is -3.86. The van der Waals surface area contributed by atoms with Gasteiger partial charge in [0, 0.05) is 98.7 Å². The summed E-state index contributed by atoms with van der Waals surface area (Å²) in [6.45, 7) is 2.92. The Morgan fingerprint density at radius 1 is 0.425 bits per heavy atom. The summed E-state index contributed by atoms with van der Waals surface area (Å²) in [5.74, 6) is 3.17. The number of nitrogens with one attached hydrogen (secondary N) is 4. The number of hydrogen-bond acceptors (Lipinski definition) is 5. The van der Waals surface area contributed by atoms with Crippen molar-refractivity contribution in [3.05, 3.63) is 261 Å². The van der Waals surface area contributed by atoms with Gasteiger partial charge in [-0.1, -0.05) is 78.6 Å². The van der Waals surface area contributed by atoms with Crippen LogP contribution in [0.5, 0.6) is 0 Å². The molecule has 0 aliphatic carbocycles. The van der Waals surface area contributed by atoms with Crippen molar-refractivity contribution in [2.75, 3.05) is 5.32 Å². The van der Waals surface area contributed by atoms with Crippen molar-refractivity contribution < 1.29 is 85.0 Å². The molecule has 4 aliphatic rings. The zero-order valence-corrected chi connectivity index (χ0v) is 43.0. The average Bonchev–Trinajstić information content (AvgIpc) is 4.10. The van der Waals surface area contributed by atoms with Crippen LogP contribution in [0, 0.1) is 0 Å². The molecule has 1 radical (unpaired) electrons. The second-order valence-electron chi connectivity index (χ2n) is 18.0. The molecule has 0 saturated carbocycles. The molecular formula is C56H48Cl4CuN12. The summed E-state index contributed by atoms with van der Waals surface area (Å²) >= 11 is 0. The Morgan fingerprint density at radius 2 is 0.890 bits per heavy atom. The van der Waals surface area contributed by atoms with Crippen molar-refractivity contribution in [1.29, 1.82) is 0 Å². The SMILES string of the molecule is [Cl-].[Cl-].[Cl-].[Cl-].[Cu+2].c1cc[n+](Cc2ccc3c(c2)C2=NC3[N-]c3[nH]c(c4ccc(C[n+]5ccccc5)cc34)NC3N=C(NC4[N-]C(N2)c2ccc(C[n+]5ccccc5)cc24)c2ccc(C[n+]4ccccc4)cc23)cc1. The monoisotopic (exact) mass is 1090 g/mol. The van der Waals surface area contributed by atoms with Crippen LogP contribution < -0.4 is 83.8 Å². The van der Waals surface area contributed by atoms with Gasteiger partial charge in [0.05, 0.1) is 6.17 Å². The van der Waals surface area contributed by atoms with Gasteiger partial charge in [-0.15, -0.1) is 0 Å². The number of rotatable bonds is 8. The maximum Gasteiger partial charge on any atom is 2.00 e. The van der Waals surface area contributed by atoms with Gasteiger partial charge in [0.25, 0.3) is 0 Å². The largest absolute Gasteiger partial charge is 2.00 e. The number of aromatic amines is 1. The number of pyridine rings is 4. The molecule has 371 valence electrons. The van der Waals surface area contributed by atoms with Gasteiger partial charge in [0.1, 0.15) is 17.8 Å². The van der Waals surface area contributed by atoms with Gasteiger partial charge in [-0.2, -0.15) is 0 Å². The van der Waals surface area contributed by atoms with Gasteiger partial charge in [-0.25, -0.2) is 23.3 Å². The van der Waals surface area contributed by atoms with Crippen LogP contribution in [0.25, 0.3) is 21.4 Å². The number of aromatic nitrogens is 5. The van der Waals surface area contributed by atoms with E-state index in [4.69, 9.17) is 20.6 Å². The fourth-order valence-electron chi connectivity index (χ4n) is 10.1. The molecule has 13 rings (SSSR count). The third-order valence-corrected chi connectivity index (χ3v) is 13.4. The summed E-state index contributed by atoms with van der Waals surface area (Å²) in [4.78, 5) is 14.7. The fourth-order valence-corrected chi connectivity index (χ4v) is 10.1. The van der Waals surface area contributed by atoms with E-state index in [-0.39, 0.29) is 79.0 Å². The molecule has 4 unspecified atom stereocenters. The number of halogens is 4. The number of H-pyrrole nitrogens is 1. The summed E-state index contributed by atoms with van der Waals surface area (Å²) in [7, 11) is 0. The minimum atomic E-state index is -0.504. The van der Waals surface area contributed by atoms with E-state index >= 15 is 0 Å². The molecule has 73 heavy (non-hydrogen) atoms. The molecule has 12 nitrogen and oxygen atoms in total. The molecule has 4 atom stereocenters. The first-order valence-electron chi connectivity index (χ1n) is 23.3. The quantitative estimate of drug-likeness (QED) is 0.0923. The van der Waals surface area contributed by atoms with Gasteiger partial charge in [0.2, 0.25) is 0 Å². The van der Waals surface area contributed by atoms with Gasteiger partial charge in [0.15, 0.2) is 75.8 Å².